The van der Waals surface area contributed by atoms with Gasteiger partial charge in [0.05, 0.1) is 10.7 Å². The summed E-state index contributed by atoms with van der Waals surface area (Å²) in [5, 5.41) is 6.83. The number of hydrogen-bond donors (Lipinski definition) is 1. The number of aryl methyl sites for hydroxylation is 1. The Hall–Kier alpha value is -1.23. The molecule has 2 rings (SSSR count). The van der Waals surface area contributed by atoms with Gasteiger partial charge in [-0.25, -0.2) is 4.98 Å². The number of aromatic nitrogens is 1. The first-order chi connectivity index (χ1) is 10.2. The molecule has 4 heteroatoms. The number of nitrogens with zero attached hydrogens (tertiary/aromatic N) is 2. The van der Waals surface area contributed by atoms with E-state index in [1.165, 1.54) is 16.1 Å². The van der Waals surface area contributed by atoms with Crippen molar-refractivity contribution in [3.63, 3.8) is 0 Å². The number of hydrogen-bond acceptors (Lipinski definition) is 4. The number of nitrogens with one attached hydrogen (secondary N) is 1. The van der Waals surface area contributed by atoms with Crippen molar-refractivity contribution in [2.45, 2.75) is 19.8 Å². The van der Waals surface area contributed by atoms with Gasteiger partial charge in [0, 0.05) is 37.0 Å². The van der Waals surface area contributed by atoms with E-state index in [4.69, 9.17) is 4.98 Å². The monoisotopic (exact) mass is 303 g/mol. The molecule has 3 nitrogen and oxygen atoms in total. The van der Waals surface area contributed by atoms with Gasteiger partial charge in [0.15, 0.2) is 0 Å². The van der Waals surface area contributed by atoms with Crippen molar-refractivity contribution >= 4 is 11.3 Å². The highest BCUT2D eigenvalue weighted by atomic mass is 32.1. The van der Waals surface area contributed by atoms with Gasteiger partial charge in [-0.05, 0) is 26.1 Å². The van der Waals surface area contributed by atoms with Crippen LogP contribution in [0, 0.1) is 0 Å². The smallest absolute Gasteiger partial charge is 0.0945 e. The molecule has 2 aromatic rings. The Morgan fingerprint density at radius 2 is 1.90 bits per heavy atom. The molecule has 1 aromatic carbocycles. The van der Waals surface area contributed by atoms with Crippen LogP contribution >= 0.6 is 11.3 Å². The second kappa shape index (κ2) is 8.27. The second-order valence-corrected chi connectivity index (χ2v) is 6.42. The Morgan fingerprint density at radius 3 is 2.57 bits per heavy atom. The van der Waals surface area contributed by atoms with Crippen LogP contribution in [0.25, 0.3) is 11.3 Å². The van der Waals surface area contributed by atoms with E-state index in [1.807, 2.05) is 0 Å². The van der Waals surface area contributed by atoms with Crippen molar-refractivity contribution in [2.24, 2.45) is 0 Å². The Balaban J connectivity index is 1.83. The summed E-state index contributed by atoms with van der Waals surface area (Å²) in [7, 11) is 4.19. The van der Waals surface area contributed by atoms with Gasteiger partial charge in [0.2, 0.25) is 0 Å². The number of benzene rings is 1. The molecule has 0 unspecified atom stereocenters. The summed E-state index contributed by atoms with van der Waals surface area (Å²) in [6.07, 6.45) is 2.09. The summed E-state index contributed by atoms with van der Waals surface area (Å²) in [5.41, 5.74) is 3.69. The van der Waals surface area contributed by atoms with Crippen molar-refractivity contribution in [3.8, 4) is 11.3 Å². The number of rotatable bonds is 8. The molecule has 0 saturated carbocycles. The minimum atomic E-state index is 0.996. The van der Waals surface area contributed by atoms with Crippen LogP contribution in [0.4, 0.5) is 0 Å². The molecule has 1 aromatic heterocycles. The lowest BCUT2D eigenvalue weighted by Crippen LogP contribution is -2.27. The predicted molar refractivity (Wildman–Crippen MR) is 92.1 cm³/mol. The highest BCUT2D eigenvalue weighted by molar-refractivity contribution is 7.09. The van der Waals surface area contributed by atoms with Gasteiger partial charge in [-0.3, -0.25) is 0 Å². The van der Waals surface area contributed by atoms with E-state index in [1.54, 1.807) is 11.3 Å². The summed E-state index contributed by atoms with van der Waals surface area (Å²) in [5.74, 6) is 0. The molecule has 0 aliphatic rings. The fraction of sp³-hybridized carbons (Fsp3) is 0.471. The van der Waals surface area contributed by atoms with Crippen LogP contribution in [0.1, 0.15) is 17.5 Å². The highest BCUT2D eigenvalue weighted by Crippen LogP contribution is 2.22. The first-order valence-corrected chi connectivity index (χ1v) is 8.46. The Bertz CT molecular complexity index is 531. The molecule has 0 fully saturated rings. The normalized spacial score (nSPS) is 11.2. The van der Waals surface area contributed by atoms with Gasteiger partial charge in [-0.1, -0.05) is 31.2 Å². The average molecular weight is 303 g/mol. The molecule has 1 heterocycles. The van der Waals surface area contributed by atoms with Gasteiger partial charge in [0.1, 0.15) is 0 Å². The van der Waals surface area contributed by atoms with Gasteiger partial charge in [-0.15, -0.1) is 11.3 Å². The van der Waals surface area contributed by atoms with E-state index in [9.17, 15) is 0 Å². The van der Waals surface area contributed by atoms with E-state index in [0.29, 0.717) is 0 Å². The molecular formula is C17H25N3S. The van der Waals surface area contributed by atoms with Gasteiger partial charge < -0.3 is 10.2 Å². The van der Waals surface area contributed by atoms with E-state index in [2.05, 4.69) is 60.9 Å². The third-order valence-corrected chi connectivity index (χ3v) is 4.37. The number of thiazole rings is 1. The molecule has 0 spiro atoms. The van der Waals surface area contributed by atoms with Crippen LogP contribution < -0.4 is 5.32 Å². The van der Waals surface area contributed by atoms with E-state index < -0.39 is 0 Å². The topological polar surface area (TPSA) is 28.2 Å². The first kappa shape index (κ1) is 16.1. The van der Waals surface area contributed by atoms with E-state index in [0.717, 1.165) is 38.2 Å². The van der Waals surface area contributed by atoms with Crippen molar-refractivity contribution in [3.05, 3.63) is 40.2 Å². The van der Waals surface area contributed by atoms with Crippen molar-refractivity contribution in [1.82, 2.24) is 15.2 Å². The minimum absolute atomic E-state index is 0.996. The zero-order valence-electron chi connectivity index (χ0n) is 13.2. The molecule has 0 aliphatic heterocycles. The second-order valence-electron chi connectivity index (χ2n) is 5.48. The zero-order valence-corrected chi connectivity index (χ0v) is 14.0. The fourth-order valence-electron chi connectivity index (χ4n) is 2.09. The van der Waals surface area contributed by atoms with Crippen molar-refractivity contribution in [2.75, 3.05) is 33.7 Å². The molecule has 0 saturated heterocycles. The lowest BCUT2D eigenvalue weighted by atomic mass is 10.1. The Morgan fingerprint density at radius 1 is 1.14 bits per heavy atom. The molecular weight excluding hydrogens is 278 g/mol. The minimum Gasteiger partial charge on any atom is -0.315 e. The van der Waals surface area contributed by atoms with Gasteiger partial charge in [-0.2, -0.15) is 0 Å². The van der Waals surface area contributed by atoms with Crippen LogP contribution in [-0.4, -0.2) is 43.6 Å². The van der Waals surface area contributed by atoms with Crippen LogP contribution in [0.15, 0.2) is 29.6 Å². The van der Waals surface area contributed by atoms with E-state index >= 15 is 0 Å². The maximum absolute atomic E-state index is 4.74. The number of likely N-dealkylation sites (N-methyl/N-ethyl adjacent to an activating group) is 1. The molecule has 114 valence electrons. The zero-order chi connectivity index (χ0) is 15.1. The Kier molecular flexibility index (Phi) is 6.36. The molecule has 0 aliphatic carbocycles. The summed E-state index contributed by atoms with van der Waals surface area (Å²) < 4.78 is 0. The third kappa shape index (κ3) is 5.23. The average Bonchev–Trinajstić information content (AvgIpc) is 2.95. The quantitative estimate of drug-likeness (QED) is 0.760. The first-order valence-electron chi connectivity index (χ1n) is 7.58. The maximum atomic E-state index is 4.74. The molecule has 1 N–H and O–H groups in total. The van der Waals surface area contributed by atoms with Crippen LogP contribution in [-0.2, 0) is 12.8 Å². The fourth-order valence-corrected chi connectivity index (χ4v) is 2.90. The molecule has 0 bridgehead atoms. The van der Waals surface area contributed by atoms with Crippen molar-refractivity contribution < 1.29 is 0 Å². The van der Waals surface area contributed by atoms with Crippen LogP contribution in [0.2, 0.25) is 0 Å². The summed E-state index contributed by atoms with van der Waals surface area (Å²) in [6.45, 7) is 5.28. The molecule has 21 heavy (non-hydrogen) atoms. The lowest BCUT2D eigenvalue weighted by molar-refractivity contribution is 0.401. The van der Waals surface area contributed by atoms with Crippen LogP contribution in [0.5, 0.6) is 0 Å². The lowest BCUT2D eigenvalue weighted by Gasteiger charge is -2.09. The third-order valence-electron chi connectivity index (χ3n) is 3.46. The molecule has 0 atom stereocenters. The Labute approximate surface area is 132 Å². The molecule has 0 amide bonds. The van der Waals surface area contributed by atoms with Crippen molar-refractivity contribution in [1.29, 1.82) is 0 Å². The summed E-state index contributed by atoms with van der Waals surface area (Å²) >= 11 is 1.76. The largest absolute Gasteiger partial charge is 0.315 e. The predicted octanol–water partition coefficient (Wildman–Crippen LogP) is 3.07. The standard InChI is InChI=1S/C17H25N3S/c1-4-14-5-7-15(8-6-14)16-13-21-17(19-16)9-10-18-11-12-20(2)3/h5-8,13,18H,4,9-12H2,1-3H3. The van der Waals surface area contributed by atoms with Crippen LogP contribution in [0.3, 0.4) is 0 Å². The van der Waals surface area contributed by atoms with E-state index in [-0.39, 0.29) is 0 Å². The summed E-state index contributed by atoms with van der Waals surface area (Å²) in [6, 6.07) is 8.73. The van der Waals surface area contributed by atoms with Gasteiger partial charge in [0.25, 0.3) is 0 Å². The maximum Gasteiger partial charge on any atom is 0.0945 e. The van der Waals surface area contributed by atoms with Gasteiger partial charge >= 0.3 is 0 Å². The SMILES string of the molecule is CCc1ccc(-c2csc(CCNCCN(C)C)n2)cc1. The highest BCUT2D eigenvalue weighted by Gasteiger charge is 2.04. The summed E-state index contributed by atoms with van der Waals surface area (Å²) in [4.78, 5) is 6.93. The molecule has 0 radical (unpaired) electrons.